The molecule has 0 unspecified atom stereocenters. The van der Waals surface area contributed by atoms with Gasteiger partial charge in [-0.3, -0.25) is 4.90 Å². The SMILES string of the molecule is N#C[C@@]12CC[C@@H](CN1Cc1ccccc1)C2. The van der Waals surface area contributed by atoms with E-state index in [9.17, 15) is 5.26 Å². The standard InChI is InChI=1S/C14H16N2/c15-11-14-7-6-13(8-14)10-16(14)9-12-4-2-1-3-5-12/h1-5,13H,6-10H2/t13-,14+/m1/s1. The van der Waals surface area contributed by atoms with Crippen LogP contribution >= 0.6 is 0 Å². The molecule has 16 heavy (non-hydrogen) atoms. The molecule has 0 aromatic heterocycles. The molecule has 1 aliphatic carbocycles. The minimum atomic E-state index is -0.138. The number of rotatable bonds is 2. The topological polar surface area (TPSA) is 27.0 Å². The van der Waals surface area contributed by atoms with Crippen LogP contribution in [0.15, 0.2) is 30.3 Å². The molecule has 82 valence electrons. The average Bonchev–Trinajstić information content (AvgIpc) is 2.88. The van der Waals surface area contributed by atoms with Crippen molar-refractivity contribution in [2.24, 2.45) is 5.92 Å². The smallest absolute Gasteiger partial charge is 0.109 e. The van der Waals surface area contributed by atoms with Crippen LogP contribution in [-0.2, 0) is 6.54 Å². The van der Waals surface area contributed by atoms with E-state index in [0.717, 1.165) is 31.8 Å². The zero-order valence-electron chi connectivity index (χ0n) is 9.39. The van der Waals surface area contributed by atoms with Gasteiger partial charge in [-0.2, -0.15) is 5.26 Å². The summed E-state index contributed by atoms with van der Waals surface area (Å²) in [6.07, 6.45) is 3.41. The van der Waals surface area contributed by atoms with Gasteiger partial charge in [0.15, 0.2) is 0 Å². The van der Waals surface area contributed by atoms with Gasteiger partial charge in [0.1, 0.15) is 5.54 Å². The first-order valence-electron chi connectivity index (χ1n) is 6.03. The number of hydrogen-bond acceptors (Lipinski definition) is 2. The Morgan fingerprint density at radius 1 is 1.38 bits per heavy atom. The van der Waals surface area contributed by atoms with Crippen molar-refractivity contribution in [2.45, 2.75) is 31.3 Å². The van der Waals surface area contributed by atoms with Crippen LogP contribution < -0.4 is 0 Å². The third-order valence-corrected chi connectivity index (χ3v) is 4.10. The zero-order chi connectivity index (χ0) is 11.0. The Balaban J connectivity index is 1.80. The number of nitriles is 1. The van der Waals surface area contributed by atoms with E-state index >= 15 is 0 Å². The molecule has 0 radical (unpaired) electrons. The second kappa shape index (κ2) is 3.61. The number of hydrogen-bond donors (Lipinski definition) is 0. The van der Waals surface area contributed by atoms with Gasteiger partial charge in [0.05, 0.1) is 6.07 Å². The number of likely N-dealkylation sites (tertiary alicyclic amines) is 1. The van der Waals surface area contributed by atoms with E-state index in [1.165, 1.54) is 12.0 Å². The third kappa shape index (κ3) is 1.44. The summed E-state index contributed by atoms with van der Waals surface area (Å²) in [7, 11) is 0. The lowest BCUT2D eigenvalue weighted by molar-refractivity contribution is 0.154. The Kier molecular flexibility index (Phi) is 2.22. The van der Waals surface area contributed by atoms with Crippen molar-refractivity contribution in [3.05, 3.63) is 35.9 Å². The third-order valence-electron chi connectivity index (χ3n) is 4.10. The molecular formula is C14H16N2. The average molecular weight is 212 g/mol. The molecular weight excluding hydrogens is 196 g/mol. The van der Waals surface area contributed by atoms with Gasteiger partial charge in [-0.25, -0.2) is 0 Å². The van der Waals surface area contributed by atoms with Crippen LogP contribution in [0.5, 0.6) is 0 Å². The first kappa shape index (κ1) is 9.86. The summed E-state index contributed by atoms with van der Waals surface area (Å²) in [4.78, 5) is 2.39. The van der Waals surface area contributed by atoms with Gasteiger partial charge < -0.3 is 0 Å². The van der Waals surface area contributed by atoms with Crippen molar-refractivity contribution in [3.8, 4) is 6.07 Å². The minimum Gasteiger partial charge on any atom is -0.281 e. The number of fused-ring (bicyclic) bond motifs is 2. The molecule has 1 heterocycles. The second-order valence-electron chi connectivity index (χ2n) is 5.12. The summed E-state index contributed by atoms with van der Waals surface area (Å²) in [5.41, 5.74) is 1.19. The Labute approximate surface area is 96.5 Å². The summed E-state index contributed by atoms with van der Waals surface area (Å²) in [5, 5.41) is 9.40. The van der Waals surface area contributed by atoms with E-state index in [4.69, 9.17) is 0 Å². The predicted octanol–water partition coefficient (Wildman–Crippen LogP) is 2.56. The van der Waals surface area contributed by atoms with E-state index in [0.29, 0.717) is 0 Å². The fourth-order valence-electron chi connectivity index (χ4n) is 3.25. The van der Waals surface area contributed by atoms with Crippen LogP contribution in [-0.4, -0.2) is 17.0 Å². The predicted molar refractivity (Wildman–Crippen MR) is 62.5 cm³/mol. The van der Waals surface area contributed by atoms with Gasteiger partial charge in [-0.15, -0.1) is 0 Å². The molecule has 1 saturated heterocycles. The van der Waals surface area contributed by atoms with E-state index in [2.05, 4.69) is 35.2 Å². The maximum Gasteiger partial charge on any atom is 0.109 e. The fraction of sp³-hybridized carbons (Fsp3) is 0.500. The minimum absolute atomic E-state index is 0.138. The van der Waals surface area contributed by atoms with E-state index < -0.39 is 0 Å². The van der Waals surface area contributed by atoms with Crippen LogP contribution in [0.2, 0.25) is 0 Å². The van der Waals surface area contributed by atoms with Gasteiger partial charge >= 0.3 is 0 Å². The second-order valence-corrected chi connectivity index (χ2v) is 5.12. The molecule has 1 saturated carbocycles. The molecule has 1 aromatic carbocycles. The van der Waals surface area contributed by atoms with Gasteiger partial charge in [0.25, 0.3) is 0 Å². The van der Waals surface area contributed by atoms with Crippen LogP contribution in [0.3, 0.4) is 0 Å². The highest BCUT2D eigenvalue weighted by atomic mass is 15.2. The summed E-state index contributed by atoms with van der Waals surface area (Å²) >= 11 is 0. The Hall–Kier alpha value is -1.33. The van der Waals surface area contributed by atoms with Crippen LogP contribution in [0.1, 0.15) is 24.8 Å². The Morgan fingerprint density at radius 2 is 2.19 bits per heavy atom. The monoisotopic (exact) mass is 212 g/mol. The molecule has 1 aromatic rings. The summed E-state index contributed by atoms with van der Waals surface area (Å²) in [6, 6.07) is 13.1. The lowest BCUT2D eigenvalue weighted by Crippen LogP contribution is -2.42. The highest BCUT2D eigenvalue weighted by Gasteiger charge is 2.50. The van der Waals surface area contributed by atoms with Crippen LogP contribution in [0, 0.1) is 17.2 Å². The van der Waals surface area contributed by atoms with Crippen LogP contribution in [0.25, 0.3) is 0 Å². The highest BCUT2D eigenvalue weighted by Crippen LogP contribution is 2.46. The summed E-state index contributed by atoms with van der Waals surface area (Å²) < 4.78 is 0. The number of nitrogens with zero attached hydrogens (tertiary/aromatic N) is 2. The molecule has 2 atom stereocenters. The van der Waals surface area contributed by atoms with Gasteiger partial charge in [-0.05, 0) is 30.7 Å². The number of benzene rings is 1. The van der Waals surface area contributed by atoms with Crippen molar-refractivity contribution in [1.29, 1.82) is 5.26 Å². The highest BCUT2D eigenvalue weighted by molar-refractivity contribution is 5.21. The molecule has 2 bridgehead atoms. The molecule has 0 spiro atoms. The van der Waals surface area contributed by atoms with Crippen molar-refractivity contribution in [2.75, 3.05) is 6.54 Å². The molecule has 2 aliphatic rings. The van der Waals surface area contributed by atoms with Crippen molar-refractivity contribution in [1.82, 2.24) is 4.90 Å². The molecule has 2 heteroatoms. The molecule has 3 rings (SSSR count). The van der Waals surface area contributed by atoms with Crippen molar-refractivity contribution in [3.63, 3.8) is 0 Å². The number of piperidine rings is 1. The fourth-order valence-corrected chi connectivity index (χ4v) is 3.25. The van der Waals surface area contributed by atoms with Crippen molar-refractivity contribution >= 4 is 0 Å². The normalized spacial score (nSPS) is 32.8. The van der Waals surface area contributed by atoms with Crippen molar-refractivity contribution < 1.29 is 0 Å². The lowest BCUT2D eigenvalue weighted by atomic mass is 9.98. The Morgan fingerprint density at radius 3 is 2.88 bits per heavy atom. The first-order chi connectivity index (χ1) is 7.82. The maximum absolute atomic E-state index is 9.40. The molecule has 1 aliphatic heterocycles. The van der Waals surface area contributed by atoms with E-state index in [-0.39, 0.29) is 5.54 Å². The van der Waals surface area contributed by atoms with Gasteiger partial charge in [-0.1, -0.05) is 30.3 Å². The largest absolute Gasteiger partial charge is 0.281 e. The summed E-state index contributed by atoms with van der Waals surface area (Å²) in [6.45, 7) is 2.05. The Bertz CT molecular complexity index is 420. The molecule has 2 nitrogen and oxygen atoms in total. The lowest BCUT2D eigenvalue weighted by Gasteiger charge is -2.33. The maximum atomic E-state index is 9.40. The summed E-state index contributed by atoms with van der Waals surface area (Å²) in [5.74, 6) is 0.767. The molecule has 0 N–H and O–H groups in total. The van der Waals surface area contributed by atoms with E-state index in [1.54, 1.807) is 0 Å². The van der Waals surface area contributed by atoms with Gasteiger partial charge in [0.2, 0.25) is 0 Å². The van der Waals surface area contributed by atoms with Crippen LogP contribution in [0.4, 0.5) is 0 Å². The zero-order valence-corrected chi connectivity index (χ0v) is 9.39. The van der Waals surface area contributed by atoms with E-state index in [1.807, 2.05) is 6.07 Å². The molecule has 0 amide bonds. The first-order valence-corrected chi connectivity index (χ1v) is 6.03. The molecule has 2 fully saturated rings. The van der Waals surface area contributed by atoms with Gasteiger partial charge in [0, 0.05) is 13.1 Å². The quantitative estimate of drug-likeness (QED) is 0.753.